The maximum Gasteiger partial charge on any atom is 0.0473 e. The van der Waals surface area contributed by atoms with Crippen LogP contribution in [0.3, 0.4) is 0 Å². The summed E-state index contributed by atoms with van der Waals surface area (Å²) in [6.07, 6.45) is 2.36. The Morgan fingerprint density at radius 2 is 0.621 bits per heavy atom. The van der Waals surface area contributed by atoms with Crippen molar-refractivity contribution >= 4 is 34.1 Å². The molecule has 0 N–H and O–H groups in total. The lowest BCUT2D eigenvalue weighted by Crippen LogP contribution is -2.34. The third kappa shape index (κ3) is 7.35. The van der Waals surface area contributed by atoms with Crippen molar-refractivity contribution in [2.45, 2.75) is 51.4 Å². The fourth-order valence-corrected chi connectivity index (χ4v) is 8.71. The number of anilines is 6. The fraction of sp³-hybridized carbons (Fsp3) is 0.143. The molecule has 2 heteroatoms. The molecule has 8 aromatic rings. The summed E-state index contributed by atoms with van der Waals surface area (Å²) in [5, 5.41) is 0. The number of para-hydroxylation sites is 2. The largest absolute Gasteiger partial charge is 0.311 e. The fourth-order valence-electron chi connectivity index (χ4n) is 8.71. The number of hydrogen-bond acceptors (Lipinski definition) is 2. The second-order valence-electron chi connectivity index (χ2n) is 16.9. The zero-order valence-electron chi connectivity index (χ0n) is 33.9. The molecule has 0 aromatic heterocycles. The van der Waals surface area contributed by atoms with Crippen molar-refractivity contribution in [2.75, 3.05) is 9.80 Å². The molecule has 284 valence electrons. The van der Waals surface area contributed by atoms with E-state index in [9.17, 15) is 0 Å². The molecule has 0 fully saturated rings. The molecule has 1 aliphatic carbocycles. The third-order valence-electron chi connectivity index (χ3n) is 12.1. The van der Waals surface area contributed by atoms with Gasteiger partial charge in [0.25, 0.3) is 0 Å². The highest BCUT2D eigenvalue weighted by atomic mass is 15.1. The first kappa shape index (κ1) is 37.0. The van der Waals surface area contributed by atoms with Crippen molar-refractivity contribution in [1.29, 1.82) is 0 Å². The van der Waals surface area contributed by atoms with E-state index in [1.807, 2.05) is 0 Å². The average Bonchev–Trinajstić information content (AvgIpc) is 3.27. The van der Waals surface area contributed by atoms with Gasteiger partial charge in [-0.25, -0.2) is 0 Å². The van der Waals surface area contributed by atoms with Crippen LogP contribution >= 0.6 is 0 Å². The summed E-state index contributed by atoms with van der Waals surface area (Å²) in [4.78, 5) is 4.76. The van der Waals surface area contributed by atoms with Crippen LogP contribution in [0.4, 0.5) is 34.1 Å². The zero-order valence-corrected chi connectivity index (χ0v) is 33.9. The lowest BCUT2D eigenvalue weighted by Gasteiger charge is -2.42. The van der Waals surface area contributed by atoms with E-state index in [1.165, 1.54) is 63.0 Å². The molecule has 0 saturated heterocycles. The Balaban J connectivity index is 1.15. The van der Waals surface area contributed by atoms with Gasteiger partial charge in [-0.3, -0.25) is 0 Å². The highest BCUT2D eigenvalue weighted by Gasteiger charge is 2.37. The van der Waals surface area contributed by atoms with Crippen molar-refractivity contribution in [2.24, 2.45) is 0 Å². The van der Waals surface area contributed by atoms with Crippen LogP contribution < -0.4 is 9.80 Å². The van der Waals surface area contributed by atoms with Crippen molar-refractivity contribution in [1.82, 2.24) is 0 Å². The van der Waals surface area contributed by atoms with Crippen LogP contribution in [0.15, 0.2) is 206 Å². The Morgan fingerprint density at radius 1 is 0.276 bits per heavy atom. The average molecular weight is 751 g/mol. The molecular formula is C56H50N2. The highest BCUT2D eigenvalue weighted by molar-refractivity contribution is 5.86. The van der Waals surface area contributed by atoms with Gasteiger partial charge in [-0.15, -0.1) is 0 Å². The van der Waals surface area contributed by atoms with Gasteiger partial charge < -0.3 is 9.80 Å². The Morgan fingerprint density at radius 3 is 1.07 bits per heavy atom. The molecule has 58 heavy (non-hydrogen) atoms. The molecule has 8 aromatic carbocycles. The molecule has 0 radical (unpaired) electrons. The molecule has 0 heterocycles. The monoisotopic (exact) mass is 750 g/mol. The van der Waals surface area contributed by atoms with E-state index in [2.05, 4.69) is 244 Å². The number of fused-ring (bicyclic) bond motifs is 1. The van der Waals surface area contributed by atoms with Crippen LogP contribution in [0.1, 0.15) is 51.7 Å². The molecule has 0 saturated carbocycles. The van der Waals surface area contributed by atoms with Crippen molar-refractivity contribution < 1.29 is 0 Å². The summed E-state index contributed by atoms with van der Waals surface area (Å²) in [7, 11) is 0. The number of nitrogens with zero attached hydrogens (tertiary/aromatic N) is 2. The van der Waals surface area contributed by atoms with E-state index in [-0.39, 0.29) is 10.8 Å². The molecule has 2 nitrogen and oxygen atoms in total. The van der Waals surface area contributed by atoms with E-state index in [1.54, 1.807) is 0 Å². The number of benzene rings is 8. The Hall–Kier alpha value is -6.64. The van der Waals surface area contributed by atoms with Gasteiger partial charge in [0.1, 0.15) is 0 Å². The van der Waals surface area contributed by atoms with E-state index in [0.29, 0.717) is 0 Å². The first-order valence-corrected chi connectivity index (χ1v) is 20.6. The smallest absolute Gasteiger partial charge is 0.0473 e. The molecule has 0 atom stereocenters. The summed E-state index contributed by atoms with van der Waals surface area (Å²) in [6, 6.07) is 75.0. The van der Waals surface area contributed by atoms with Gasteiger partial charge in [0.05, 0.1) is 0 Å². The van der Waals surface area contributed by atoms with Gasteiger partial charge in [0.15, 0.2) is 0 Å². The van der Waals surface area contributed by atoms with E-state index in [0.717, 1.165) is 28.4 Å². The molecule has 0 aliphatic heterocycles. The summed E-state index contributed by atoms with van der Waals surface area (Å²) >= 11 is 0. The SMILES string of the molecule is CC1(C)CCC(C)(C)c2cc(N(c3ccc(-c4ccc(N(c5ccccc5)c5ccccc5)cc4)cc3)c3cc(-c4ccccc4)cc(-c4ccccc4)c3)ccc21. The van der Waals surface area contributed by atoms with Crippen molar-refractivity contribution in [3.8, 4) is 33.4 Å². The van der Waals surface area contributed by atoms with Gasteiger partial charge in [0.2, 0.25) is 0 Å². The summed E-state index contributed by atoms with van der Waals surface area (Å²) < 4.78 is 0. The Bertz CT molecular complexity index is 2530. The molecule has 0 spiro atoms. The predicted molar refractivity (Wildman–Crippen MR) is 247 cm³/mol. The van der Waals surface area contributed by atoms with E-state index < -0.39 is 0 Å². The minimum Gasteiger partial charge on any atom is -0.311 e. The minimum atomic E-state index is 0.0836. The first-order chi connectivity index (χ1) is 28.2. The maximum atomic E-state index is 2.48. The van der Waals surface area contributed by atoms with Gasteiger partial charge in [-0.1, -0.05) is 155 Å². The molecule has 0 unspecified atom stereocenters. The van der Waals surface area contributed by atoms with Crippen LogP contribution in [0, 0.1) is 0 Å². The van der Waals surface area contributed by atoms with E-state index in [4.69, 9.17) is 0 Å². The number of rotatable bonds is 9. The minimum absolute atomic E-state index is 0.0836. The lowest BCUT2D eigenvalue weighted by molar-refractivity contribution is 0.332. The second-order valence-corrected chi connectivity index (χ2v) is 16.9. The van der Waals surface area contributed by atoms with Gasteiger partial charge in [-0.2, -0.15) is 0 Å². The normalized spacial score (nSPS) is 14.0. The maximum absolute atomic E-state index is 2.48. The quantitative estimate of drug-likeness (QED) is 0.145. The molecular weight excluding hydrogens is 701 g/mol. The molecule has 9 rings (SSSR count). The number of hydrogen-bond donors (Lipinski definition) is 0. The predicted octanol–water partition coefficient (Wildman–Crippen LogP) is 16.0. The lowest BCUT2D eigenvalue weighted by atomic mass is 9.63. The standard InChI is InChI=1S/C56H50N2/c1-55(2)35-36-56(3,4)54-40-51(33-34-53(54)55)58(52-38-45(41-17-9-5-10-18-41)37-46(39-52)42-19-11-6-12-20-42)50-31-27-44(28-32-50)43-25-29-49(30-26-43)57(47-21-13-7-14-22-47)48-23-15-8-16-24-48/h5-34,37-40H,35-36H2,1-4H3. The van der Waals surface area contributed by atoms with Crippen molar-refractivity contribution in [3.05, 3.63) is 217 Å². The Labute approximate surface area is 344 Å². The van der Waals surface area contributed by atoms with Crippen LogP contribution in [0.2, 0.25) is 0 Å². The second kappa shape index (κ2) is 15.4. The molecule has 0 bridgehead atoms. The zero-order chi connectivity index (χ0) is 39.7. The van der Waals surface area contributed by atoms with Crippen LogP contribution in [0.25, 0.3) is 33.4 Å². The summed E-state index contributed by atoms with van der Waals surface area (Å²) in [5.74, 6) is 0. The van der Waals surface area contributed by atoms with Gasteiger partial charge in [-0.05, 0) is 147 Å². The topological polar surface area (TPSA) is 6.48 Å². The molecule has 0 amide bonds. The summed E-state index contributed by atoms with van der Waals surface area (Å²) in [6.45, 7) is 9.63. The van der Waals surface area contributed by atoms with Crippen molar-refractivity contribution in [3.63, 3.8) is 0 Å². The van der Waals surface area contributed by atoms with Gasteiger partial charge >= 0.3 is 0 Å². The van der Waals surface area contributed by atoms with E-state index >= 15 is 0 Å². The third-order valence-corrected chi connectivity index (χ3v) is 12.1. The van der Waals surface area contributed by atoms with Crippen LogP contribution in [-0.4, -0.2) is 0 Å². The summed E-state index contributed by atoms with van der Waals surface area (Å²) in [5.41, 5.74) is 17.1. The Kier molecular flexibility index (Phi) is 9.79. The molecule has 1 aliphatic rings. The first-order valence-electron chi connectivity index (χ1n) is 20.6. The highest BCUT2D eigenvalue weighted by Crippen LogP contribution is 2.49. The van der Waals surface area contributed by atoms with Crippen LogP contribution in [0.5, 0.6) is 0 Å². The van der Waals surface area contributed by atoms with Gasteiger partial charge in [0, 0.05) is 34.1 Å². The van der Waals surface area contributed by atoms with Crippen LogP contribution in [-0.2, 0) is 10.8 Å².